The van der Waals surface area contributed by atoms with E-state index in [1.54, 1.807) is 0 Å². The van der Waals surface area contributed by atoms with E-state index in [0.29, 0.717) is 0 Å². The Morgan fingerprint density at radius 3 is 2.43 bits per heavy atom. The average Bonchev–Trinajstić information content (AvgIpc) is 2.14. The summed E-state index contributed by atoms with van der Waals surface area (Å²) in [7, 11) is 0. The van der Waals surface area contributed by atoms with Crippen LogP contribution in [0, 0.1) is 0 Å². The Bertz CT molecular complexity index is 183. The van der Waals surface area contributed by atoms with E-state index in [2.05, 4.69) is 24.9 Å². The molecule has 1 N–H and O–H groups in total. The molecule has 0 saturated carbocycles. The summed E-state index contributed by atoms with van der Waals surface area (Å²) in [5, 5.41) is 2.54. The minimum atomic E-state index is -0.230. The van der Waals surface area contributed by atoms with Gasteiger partial charge >= 0.3 is 0 Å². The van der Waals surface area contributed by atoms with Crippen LogP contribution < -0.4 is 5.32 Å². The molecule has 0 spiro atoms. The first kappa shape index (κ1) is 13.5. The third-order valence-electron chi connectivity index (χ3n) is 1.92. The van der Waals surface area contributed by atoms with Crippen LogP contribution >= 0.6 is 12.6 Å². The predicted octanol–water partition coefficient (Wildman–Crippen LogP) is 1.92. The Balaban J connectivity index is 3.22. The number of hydrogen-bond donors (Lipinski definition) is 2. The molecule has 0 aliphatic heterocycles. The normalized spacial score (nSPS) is 9.86. The Morgan fingerprint density at radius 2 is 1.86 bits per heavy atom. The molecule has 0 bridgehead atoms. The maximum Gasteiger partial charge on any atom is 0.220 e. The highest BCUT2D eigenvalue weighted by atomic mass is 32.1. The van der Waals surface area contributed by atoms with Crippen LogP contribution in [0.5, 0.6) is 0 Å². The summed E-state index contributed by atoms with van der Waals surface area (Å²) < 4.78 is 0. The Hall–Kier alpha value is -0.510. The fourth-order valence-corrected chi connectivity index (χ4v) is 1.20. The van der Waals surface area contributed by atoms with Crippen molar-refractivity contribution in [1.82, 2.24) is 5.32 Å². The van der Waals surface area contributed by atoms with Crippen molar-refractivity contribution in [3.8, 4) is 0 Å². The molecule has 3 nitrogen and oxygen atoms in total. The summed E-state index contributed by atoms with van der Waals surface area (Å²) in [5.41, 5.74) is 0. The molecule has 0 unspecified atom stereocenters. The number of nitrogens with one attached hydrogen (secondary N) is 1. The van der Waals surface area contributed by atoms with Gasteiger partial charge in [-0.15, -0.1) is 12.6 Å². The van der Waals surface area contributed by atoms with Gasteiger partial charge in [0.2, 0.25) is 5.91 Å². The Kier molecular flexibility index (Phi) is 8.73. The monoisotopic (exact) mass is 217 g/mol. The molecule has 0 fully saturated rings. The zero-order valence-corrected chi connectivity index (χ0v) is 9.61. The molecule has 4 heteroatoms. The molecular weight excluding hydrogens is 198 g/mol. The zero-order chi connectivity index (χ0) is 10.8. The first-order chi connectivity index (χ1) is 6.66. The van der Waals surface area contributed by atoms with Gasteiger partial charge in [-0.2, -0.15) is 0 Å². The topological polar surface area (TPSA) is 46.2 Å². The van der Waals surface area contributed by atoms with Crippen molar-refractivity contribution in [2.75, 3.05) is 6.54 Å². The van der Waals surface area contributed by atoms with Gasteiger partial charge in [0, 0.05) is 19.4 Å². The number of unbranched alkanes of at least 4 members (excludes halogenated alkanes) is 3. The standard InChI is InChI=1S/C10H19NO2S/c1-2-3-4-5-8-11-9(12)6-7-10(13)14/h2-8H2,1H3,(H,11,12)(H,13,14). The van der Waals surface area contributed by atoms with Gasteiger partial charge in [0.1, 0.15) is 0 Å². The molecule has 0 radical (unpaired) electrons. The van der Waals surface area contributed by atoms with Crippen molar-refractivity contribution in [2.24, 2.45) is 0 Å². The summed E-state index contributed by atoms with van der Waals surface area (Å²) in [6.45, 7) is 2.87. The van der Waals surface area contributed by atoms with Gasteiger partial charge < -0.3 is 5.32 Å². The Labute approximate surface area is 91.1 Å². The Morgan fingerprint density at radius 1 is 1.14 bits per heavy atom. The predicted molar refractivity (Wildman–Crippen MR) is 60.4 cm³/mol. The van der Waals surface area contributed by atoms with Gasteiger partial charge in [-0.3, -0.25) is 9.59 Å². The SMILES string of the molecule is CCCCCCNC(=O)CCC(=O)S. The lowest BCUT2D eigenvalue weighted by Crippen LogP contribution is -2.24. The number of rotatable bonds is 8. The lowest BCUT2D eigenvalue weighted by Gasteiger charge is -2.03. The molecule has 1 amide bonds. The molecule has 0 aromatic heterocycles. The number of thiol groups is 1. The van der Waals surface area contributed by atoms with Gasteiger partial charge in [-0.25, -0.2) is 0 Å². The summed E-state index contributed by atoms with van der Waals surface area (Å²) in [6.07, 6.45) is 5.07. The largest absolute Gasteiger partial charge is 0.356 e. The molecule has 0 atom stereocenters. The second kappa shape index (κ2) is 9.06. The fraction of sp³-hybridized carbons (Fsp3) is 0.800. The van der Waals surface area contributed by atoms with Crippen molar-refractivity contribution < 1.29 is 9.59 Å². The second-order valence-electron chi connectivity index (χ2n) is 3.30. The molecule has 0 aliphatic rings. The summed E-state index contributed by atoms with van der Waals surface area (Å²) >= 11 is 3.59. The van der Waals surface area contributed by atoms with E-state index in [9.17, 15) is 9.59 Å². The first-order valence-corrected chi connectivity index (χ1v) is 5.60. The summed E-state index contributed by atoms with van der Waals surface area (Å²) in [6, 6.07) is 0. The van der Waals surface area contributed by atoms with Gasteiger partial charge in [0.15, 0.2) is 5.12 Å². The van der Waals surface area contributed by atoms with Crippen LogP contribution in [-0.2, 0) is 9.59 Å². The van der Waals surface area contributed by atoms with Crippen molar-refractivity contribution in [2.45, 2.75) is 45.4 Å². The van der Waals surface area contributed by atoms with Gasteiger partial charge in [0.25, 0.3) is 0 Å². The zero-order valence-electron chi connectivity index (χ0n) is 8.71. The molecule has 0 rings (SSSR count). The van der Waals surface area contributed by atoms with Crippen molar-refractivity contribution >= 4 is 23.7 Å². The van der Waals surface area contributed by atoms with E-state index in [-0.39, 0.29) is 23.9 Å². The molecule has 0 aromatic carbocycles. The van der Waals surface area contributed by atoms with Gasteiger partial charge in [-0.05, 0) is 6.42 Å². The lowest BCUT2D eigenvalue weighted by molar-refractivity contribution is -0.123. The molecule has 14 heavy (non-hydrogen) atoms. The second-order valence-corrected chi connectivity index (χ2v) is 3.80. The van der Waals surface area contributed by atoms with Crippen molar-refractivity contribution in [1.29, 1.82) is 0 Å². The van der Waals surface area contributed by atoms with Crippen LogP contribution in [-0.4, -0.2) is 17.6 Å². The van der Waals surface area contributed by atoms with Crippen LogP contribution in [0.3, 0.4) is 0 Å². The molecular formula is C10H19NO2S. The molecule has 0 saturated heterocycles. The highest BCUT2D eigenvalue weighted by Gasteiger charge is 2.02. The van der Waals surface area contributed by atoms with Crippen LogP contribution in [0.4, 0.5) is 0 Å². The molecule has 0 aromatic rings. The summed E-state index contributed by atoms with van der Waals surface area (Å²) in [5.74, 6) is -0.0519. The minimum absolute atomic E-state index is 0.0519. The van der Waals surface area contributed by atoms with Crippen LogP contribution in [0.1, 0.15) is 45.4 Å². The van der Waals surface area contributed by atoms with Gasteiger partial charge in [-0.1, -0.05) is 26.2 Å². The van der Waals surface area contributed by atoms with Gasteiger partial charge in [0.05, 0.1) is 0 Å². The van der Waals surface area contributed by atoms with E-state index in [4.69, 9.17) is 0 Å². The fourth-order valence-electron chi connectivity index (χ4n) is 1.09. The number of carbonyl (C=O) groups is 2. The third kappa shape index (κ3) is 9.58. The number of hydrogen-bond acceptors (Lipinski definition) is 2. The molecule has 0 heterocycles. The van der Waals surface area contributed by atoms with E-state index in [0.717, 1.165) is 19.4 Å². The average molecular weight is 217 g/mol. The first-order valence-electron chi connectivity index (χ1n) is 5.15. The highest BCUT2D eigenvalue weighted by molar-refractivity contribution is 7.96. The molecule has 82 valence electrons. The van der Waals surface area contributed by atoms with Crippen LogP contribution in [0.2, 0.25) is 0 Å². The van der Waals surface area contributed by atoms with Crippen LogP contribution in [0.25, 0.3) is 0 Å². The number of carbonyl (C=O) groups excluding carboxylic acids is 2. The molecule has 0 aliphatic carbocycles. The van der Waals surface area contributed by atoms with Crippen LogP contribution in [0.15, 0.2) is 0 Å². The van der Waals surface area contributed by atoms with E-state index in [1.165, 1.54) is 12.8 Å². The van der Waals surface area contributed by atoms with E-state index < -0.39 is 0 Å². The smallest absolute Gasteiger partial charge is 0.220 e. The van der Waals surface area contributed by atoms with Crippen molar-refractivity contribution in [3.05, 3.63) is 0 Å². The lowest BCUT2D eigenvalue weighted by atomic mass is 10.2. The number of amides is 1. The maximum atomic E-state index is 11.1. The third-order valence-corrected chi connectivity index (χ3v) is 2.14. The minimum Gasteiger partial charge on any atom is -0.356 e. The van der Waals surface area contributed by atoms with Crippen molar-refractivity contribution in [3.63, 3.8) is 0 Å². The van der Waals surface area contributed by atoms with E-state index >= 15 is 0 Å². The van der Waals surface area contributed by atoms with E-state index in [1.807, 2.05) is 0 Å². The quantitative estimate of drug-likeness (QED) is 0.482. The maximum absolute atomic E-state index is 11.1. The summed E-state index contributed by atoms with van der Waals surface area (Å²) in [4.78, 5) is 21.5. The highest BCUT2D eigenvalue weighted by Crippen LogP contribution is 1.98.